The molecule has 0 aliphatic carbocycles. The highest BCUT2D eigenvalue weighted by molar-refractivity contribution is 4.75. The summed E-state index contributed by atoms with van der Waals surface area (Å²) >= 11 is 0. The van der Waals surface area contributed by atoms with E-state index in [2.05, 4.69) is 0 Å². The molecule has 0 saturated carbocycles. The quantitative estimate of drug-likeness (QED) is 0.453. The fourth-order valence-corrected chi connectivity index (χ4v) is 1.17. The van der Waals surface area contributed by atoms with Gasteiger partial charge in [0.25, 0.3) is 0 Å². The van der Waals surface area contributed by atoms with Crippen LogP contribution in [-0.4, -0.2) is 75.3 Å². The molecule has 2 N–H and O–H groups in total. The Balaban J connectivity index is 3.17. The van der Waals surface area contributed by atoms with Crippen molar-refractivity contribution in [3.8, 4) is 0 Å². The van der Waals surface area contributed by atoms with Crippen LogP contribution in [0.4, 0.5) is 0 Å². The Hall–Kier alpha value is -0.240. The average molecular weight is 294 g/mol. The third-order valence-corrected chi connectivity index (χ3v) is 2.99. The number of ether oxygens (including phenoxy) is 4. The number of hydrogen-bond acceptors (Lipinski definition) is 6. The van der Waals surface area contributed by atoms with Gasteiger partial charge in [0.2, 0.25) is 0 Å². The first-order valence-electron chi connectivity index (χ1n) is 7.15. The summed E-state index contributed by atoms with van der Waals surface area (Å²) < 4.78 is 21.0. The summed E-state index contributed by atoms with van der Waals surface area (Å²) in [6.07, 6.45) is 0. The Labute approximate surface area is 122 Å². The van der Waals surface area contributed by atoms with E-state index in [9.17, 15) is 5.11 Å². The Morgan fingerprint density at radius 2 is 1.20 bits per heavy atom. The number of aliphatic hydroxyl groups is 2. The molecule has 0 amide bonds. The minimum atomic E-state index is -0.794. The van der Waals surface area contributed by atoms with Gasteiger partial charge in [-0.1, -0.05) is 13.8 Å². The lowest BCUT2D eigenvalue weighted by Gasteiger charge is -2.27. The molecule has 0 bridgehead atoms. The van der Waals surface area contributed by atoms with Crippen molar-refractivity contribution in [1.29, 1.82) is 0 Å². The molecule has 20 heavy (non-hydrogen) atoms. The van der Waals surface area contributed by atoms with Crippen molar-refractivity contribution in [2.75, 3.05) is 59.5 Å². The third-order valence-electron chi connectivity index (χ3n) is 2.99. The first-order valence-corrected chi connectivity index (χ1v) is 7.15. The summed E-state index contributed by atoms with van der Waals surface area (Å²) in [4.78, 5) is 0. The smallest absolute Gasteiger partial charge is 0.0874 e. The normalized spacial score (nSPS) is 14.7. The maximum atomic E-state index is 9.94. The Morgan fingerprint density at radius 3 is 1.60 bits per heavy atom. The summed E-state index contributed by atoms with van der Waals surface area (Å²) in [5.74, 6) is 0.157. The van der Waals surface area contributed by atoms with Gasteiger partial charge >= 0.3 is 0 Å². The van der Waals surface area contributed by atoms with Crippen LogP contribution in [0.2, 0.25) is 0 Å². The molecular formula is C14H30O6. The lowest BCUT2D eigenvalue weighted by Crippen LogP contribution is -2.36. The minimum absolute atomic E-state index is 0.0345. The van der Waals surface area contributed by atoms with Gasteiger partial charge in [0.15, 0.2) is 0 Å². The molecule has 6 nitrogen and oxygen atoms in total. The topological polar surface area (TPSA) is 77.4 Å². The minimum Gasteiger partial charge on any atom is -0.394 e. The number of aliphatic hydroxyl groups excluding tert-OH is 1. The summed E-state index contributed by atoms with van der Waals surface area (Å²) in [5.41, 5.74) is -0.794. The monoisotopic (exact) mass is 294 g/mol. The second-order valence-corrected chi connectivity index (χ2v) is 5.13. The molecular weight excluding hydrogens is 264 g/mol. The zero-order valence-electron chi connectivity index (χ0n) is 13.0. The maximum Gasteiger partial charge on any atom is 0.0874 e. The van der Waals surface area contributed by atoms with Crippen molar-refractivity contribution >= 4 is 0 Å². The largest absolute Gasteiger partial charge is 0.394 e. The predicted molar refractivity (Wildman–Crippen MR) is 75.8 cm³/mol. The van der Waals surface area contributed by atoms with Gasteiger partial charge in [-0.3, -0.25) is 0 Å². The van der Waals surface area contributed by atoms with E-state index in [0.717, 1.165) is 0 Å². The van der Waals surface area contributed by atoms with Crippen LogP contribution in [0.1, 0.15) is 20.8 Å². The second kappa shape index (κ2) is 12.5. The first-order chi connectivity index (χ1) is 9.50. The molecule has 0 radical (unpaired) electrons. The molecule has 1 atom stereocenters. The lowest BCUT2D eigenvalue weighted by atomic mass is 9.94. The van der Waals surface area contributed by atoms with E-state index in [4.69, 9.17) is 24.1 Å². The van der Waals surface area contributed by atoms with Gasteiger partial charge in [0, 0.05) is 0 Å². The van der Waals surface area contributed by atoms with E-state index in [1.807, 2.05) is 13.8 Å². The molecule has 1 unspecified atom stereocenters. The van der Waals surface area contributed by atoms with Crippen molar-refractivity contribution in [3.63, 3.8) is 0 Å². The number of hydrogen-bond donors (Lipinski definition) is 2. The van der Waals surface area contributed by atoms with E-state index >= 15 is 0 Å². The van der Waals surface area contributed by atoms with Crippen LogP contribution in [0.15, 0.2) is 0 Å². The molecule has 6 heteroatoms. The zero-order valence-corrected chi connectivity index (χ0v) is 13.0. The summed E-state index contributed by atoms with van der Waals surface area (Å²) in [6.45, 7) is 9.31. The van der Waals surface area contributed by atoms with Crippen LogP contribution in [0, 0.1) is 5.92 Å². The zero-order chi connectivity index (χ0) is 15.3. The summed E-state index contributed by atoms with van der Waals surface area (Å²) in [5, 5.41) is 18.4. The van der Waals surface area contributed by atoms with Crippen LogP contribution in [0.3, 0.4) is 0 Å². The molecule has 0 aromatic rings. The van der Waals surface area contributed by atoms with Crippen LogP contribution in [-0.2, 0) is 18.9 Å². The summed E-state index contributed by atoms with van der Waals surface area (Å²) in [7, 11) is 0. The summed E-state index contributed by atoms with van der Waals surface area (Å²) in [6, 6.07) is 0. The molecule has 0 aromatic carbocycles. The van der Waals surface area contributed by atoms with E-state index in [1.54, 1.807) is 6.92 Å². The first kappa shape index (κ1) is 19.8. The highest BCUT2D eigenvalue weighted by Crippen LogP contribution is 2.15. The Bertz CT molecular complexity index is 208. The Kier molecular flexibility index (Phi) is 12.3. The molecule has 0 aliphatic heterocycles. The second-order valence-electron chi connectivity index (χ2n) is 5.13. The molecule has 0 heterocycles. The molecule has 122 valence electrons. The van der Waals surface area contributed by atoms with Gasteiger partial charge in [0.05, 0.1) is 65.1 Å². The van der Waals surface area contributed by atoms with E-state index < -0.39 is 5.60 Å². The molecule has 0 aliphatic rings. The van der Waals surface area contributed by atoms with Gasteiger partial charge < -0.3 is 29.2 Å². The lowest BCUT2D eigenvalue weighted by molar-refractivity contribution is -0.0749. The van der Waals surface area contributed by atoms with Gasteiger partial charge in [0.1, 0.15) is 0 Å². The number of rotatable bonds is 14. The predicted octanol–water partition coefficient (Wildman–Crippen LogP) is 0.452. The molecule has 0 aromatic heterocycles. The van der Waals surface area contributed by atoms with E-state index in [1.165, 1.54) is 0 Å². The van der Waals surface area contributed by atoms with Crippen molar-refractivity contribution < 1.29 is 29.2 Å². The fourth-order valence-electron chi connectivity index (χ4n) is 1.17. The van der Waals surface area contributed by atoms with Crippen LogP contribution in [0.25, 0.3) is 0 Å². The van der Waals surface area contributed by atoms with Crippen LogP contribution in [0.5, 0.6) is 0 Å². The fraction of sp³-hybridized carbons (Fsp3) is 1.00. The van der Waals surface area contributed by atoms with Crippen molar-refractivity contribution in [2.24, 2.45) is 5.92 Å². The van der Waals surface area contributed by atoms with Crippen LogP contribution >= 0.6 is 0 Å². The van der Waals surface area contributed by atoms with Gasteiger partial charge in [-0.25, -0.2) is 0 Å². The standard InChI is InChI=1S/C14H30O6/c1-13(2)14(3,16)12-20-11-10-19-9-8-18-7-6-17-5-4-15/h13,15-16H,4-12H2,1-3H3. The van der Waals surface area contributed by atoms with E-state index in [-0.39, 0.29) is 12.5 Å². The van der Waals surface area contributed by atoms with Crippen molar-refractivity contribution in [2.45, 2.75) is 26.4 Å². The highest BCUT2D eigenvalue weighted by Gasteiger charge is 2.24. The van der Waals surface area contributed by atoms with Gasteiger partial charge in [-0.15, -0.1) is 0 Å². The SMILES string of the molecule is CC(C)C(C)(O)COCCOCCOCCOCCO. The Morgan fingerprint density at radius 1 is 0.800 bits per heavy atom. The van der Waals surface area contributed by atoms with Gasteiger partial charge in [-0.2, -0.15) is 0 Å². The van der Waals surface area contributed by atoms with Crippen LogP contribution < -0.4 is 0 Å². The molecule has 0 spiro atoms. The van der Waals surface area contributed by atoms with E-state index in [0.29, 0.717) is 52.9 Å². The molecule has 0 fully saturated rings. The van der Waals surface area contributed by atoms with Crippen molar-refractivity contribution in [1.82, 2.24) is 0 Å². The molecule has 0 saturated heterocycles. The highest BCUT2D eigenvalue weighted by atomic mass is 16.6. The van der Waals surface area contributed by atoms with Crippen molar-refractivity contribution in [3.05, 3.63) is 0 Å². The average Bonchev–Trinajstić information content (AvgIpc) is 2.39. The maximum absolute atomic E-state index is 9.94. The third kappa shape index (κ3) is 11.6. The van der Waals surface area contributed by atoms with Gasteiger partial charge in [-0.05, 0) is 12.8 Å². The molecule has 0 rings (SSSR count).